The van der Waals surface area contributed by atoms with E-state index in [9.17, 15) is 10.2 Å². The van der Waals surface area contributed by atoms with Gasteiger partial charge in [-0.05, 0) is 78.5 Å². The van der Waals surface area contributed by atoms with Crippen LogP contribution >= 0.6 is 15.9 Å². The number of hydrogen-bond acceptors (Lipinski definition) is 2. The van der Waals surface area contributed by atoms with Crippen LogP contribution in [-0.4, -0.2) is 22.4 Å². The molecule has 0 radical (unpaired) electrons. The summed E-state index contributed by atoms with van der Waals surface area (Å²) in [6.07, 6.45) is 7.48. The maximum atomic E-state index is 11.1. The van der Waals surface area contributed by atoms with Gasteiger partial charge in [-0.3, -0.25) is 0 Å². The minimum atomic E-state index is -0.374. The summed E-state index contributed by atoms with van der Waals surface area (Å²) in [5.74, 6) is 1.56. The van der Waals surface area contributed by atoms with E-state index in [1.165, 1.54) is 32.1 Å². The third-order valence-corrected chi connectivity index (χ3v) is 8.71. The number of fused-ring (bicyclic) bond motifs is 1. The lowest BCUT2D eigenvalue weighted by molar-refractivity contribution is -0.0568. The van der Waals surface area contributed by atoms with Crippen LogP contribution in [-0.2, 0) is 0 Å². The number of rotatable bonds is 3. The fourth-order valence-corrected chi connectivity index (χ4v) is 7.03. The zero-order chi connectivity index (χ0) is 17.7. The van der Waals surface area contributed by atoms with E-state index in [0.717, 1.165) is 12.8 Å². The average Bonchev–Trinajstić information content (AvgIpc) is 3.02. The topological polar surface area (TPSA) is 40.5 Å². The molecule has 3 rings (SSSR count). The van der Waals surface area contributed by atoms with Crippen molar-refractivity contribution in [3.8, 4) is 0 Å². The molecule has 0 aliphatic heterocycles. The normalized spacial score (nSPS) is 46.0. The first kappa shape index (κ1) is 18.9. The van der Waals surface area contributed by atoms with Crippen molar-refractivity contribution in [1.29, 1.82) is 0 Å². The van der Waals surface area contributed by atoms with Gasteiger partial charge < -0.3 is 10.2 Å². The molecule has 0 heterocycles. The molecule has 2 nitrogen and oxygen atoms in total. The molecule has 3 aliphatic carbocycles. The molecule has 0 saturated heterocycles. The maximum absolute atomic E-state index is 11.1. The molecule has 24 heavy (non-hydrogen) atoms. The minimum absolute atomic E-state index is 0.0485. The number of hydrogen-bond donors (Lipinski definition) is 2. The molecule has 7 atom stereocenters. The van der Waals surface area contributed by atoms with Crippen LogP contribution in [0.5, 0.6) is 0 Å². The minimum Gasteiger partial charge on any atom is -0.392 e. The summed E-state index contributed by atoms with van der Waals surface area (Å²) in [5.41, 5.74) is 1.84. The van der Waals surface area contributed by atoms with E-state index < -0.39 is 0 Å². The van der Waals surface area contributed by atoms with Crippen molar-refractivity contribution in [1.82, 2.24) is 0 Å². The predicted octanol–water partition coefficient (Wildman–Crippen LogP) is 5.28. The van der Waals surface area contributed by atoms with Gasteiger partial charge in [-0.2, -0.15) is 0 Å². The summed E-state index contributed by atoms with van der Waals surface area (Å²) in [6, 6.07) is 0. The van der Waals surface area contributed by atoms with Crippen LogP contribution in [0.2, 0.25) is 0 Å². The molecule has 3 saturated carbocycles. The number of halogens is 1. The van der Waals surface area contributed by atoms with Gasteiger partial charge in [-0.15, -0.1) is 0 Å². The second kappa shape index (κ2) is 6.70. The smallest absolute Gasteiger partial charge is 0.0644 e. The Morgan fingerprint density at radius 1 is 1.17 bits per heavy atom. The van der Waals surface area contributed by atoms with Gasteiger partial charge in [0.05, 0.1) is 12.2 Å². The average molecular weight is 399 g/mol. The Bertz CT molecular complexity index is 500. The van der Waals surface area contributed by atoms with E-state index in [4.69, 9.17) is 0 Å². The Kier molecular flexibility index (Phi) is 5.28. The fraction of sp³-hybridized carbons (Fsp3) is 0.905. The Morgan fingerprint density at radius 3 is 2.46 bits per heavy atom. The van der Waals surface area contributed by atoms with Crippen LogP contribution in [0.1, 0.15) is 72.6 Å². The second-order valence-electron chi connectivity index (χ2n) is 9.77. The highest BCUT2D eigenvalue weighted by atomic mass is 79.9. The van der Waals surface area contributed by atoms with Gasteiger partial charge in [0.1, 0.15) is 0 Å². The highest BCUT2D eigenvalue weighted by Crippen LogP contribution is 2.60. The Balaban J connectivity index is 1.77. The molecule has 4 unspecified atom stereocenters. The SMILES string of the molecule is C[C@H](C(O)C1CCC(C)(C)C1O)[C@H]1CCC2C(=CBr)CCC[C@@]21C. The zero-order valence-electron chi connectivity index (χ0n) is 15.8. The highest BCUT2D eigenvalue weighted by molar-refractivity contribution is 9.11. The van der Waals surface area contributed by atoms with E-state index in [1.807, 2.05) is 0 Å². The molecule has 2 N–H and O–H groups in total. The van der Waals surface area contributed by atoms with Crippen molar-refractivity contribution in [2.45, 2.75) is 84.8 Å². The van der Waals surface area contributed by atoms with E-state index in [-0.39, 0.29) is 29.5 Å². The Morgan fingerprint density at radius 2 is 1.88 bits per heavy atom. The number of aliphatic hydroxyl groups excluding tert-OH is 2. The van der Waals surface area contributed by atoms with Gasteiger partial charge in [0.25, 0.3) is 0 Å². The third kappa shape index (κ3) is 2.93. The maximum Gasteiger partial charge on any atom is 0.0644 e. The van der Waals surface area contributed by atoms with Crippen molar-refractivity contribution in [3.05, 3.63) is 10.6 Å². The lowest BCUT2D eigenvalue weighted by Gasteiger charge is -2.46. The quantitative estimate of drug-likeness (QED) is 0.678. The van der Waals surface area contributed by atoms with Gasteiger partial charge in [0.2, 0.25) is 0 Å². The van der Waals surface area contributed by atoms with E-state index in [0.29, 0.717) is 17.3 Å². The Hall–Kier alpha value is 0.140. The molecule has 0 aromatic carbocycles. The van der Waals surface area contributed by atoms with Crippen LogP contribution in [0.15, 0.2) is 10.6 Å². The molecular formula is C21H35BrO2. The van der Waals surface area contributed by atoms with Crippen LogP contribution < -0.4 is 0 Å². The number of aliphatic hydroxyl groups is 2. The molecule has 3 fully saturated rings. The third-order valence-electron chi connectivity index (χ3n) is 8.12. The standard InChI is InChI=1S/C21H35BrO2/c1-13(18(23)15-9-11-20(2,3)19(15)24)16-7-8-17-14(12-22)6-5-10-21(16,17)4/h12-13,15-19,23-24H,5-11H2,1-4H3/t13-,15?,16+,17?,18?,19?,21+/m0/s1. The first-order chi connectivity index (χ1) is 11.2. The van der Waals surface area contributed by atoms with Crippen LogP contribution in [0.4, 0.5) is 0 Å². The van der Waals surface area contributed by atoms with Gasteiger partial charge in [-0.1, -0.05) is 49.2 Å². The van der Waals surface area contributed by atoms with Gasteiger partial charge >= 0.3 is 0 Å². The lowest BCUT2D eigenvalue weighted by Crippen LogP contribution is -2.44. The molecule has 0 amide bonds. The summed E-state index contributed by atoms with van der Waals surface area (Å²) in [4.78, 5) is 2.17. The summed E-state index contributed by atoms with van der Waals surface area (Å²) in [5, 5.41) is 21.8. The van der Waals surface area contributed by atoms with Crippen molar-refractivity contribution in [2.75, 3.05) is 0 Å². The second-order valence-corrected chi connectivity index (χ2v) is 10.2. The van der Waals surface area contributed by atoms with Crippen molar-refractivity contribution in [3.63, 3.8) is 0 Å². The van der Waals surface area contributed by atoms with E-state index in [2.05, 4.69) is 48.6 Å². The lowest BCUT2D eigenvalue weighted by atomic mass is 9.60. The Labute approximate surface area is 156 Å². The summed E-state index contributed by atoms with van der Waals surface area (Å²) >= 11 is 3.59. The van der Waals surface area contributed by atoms with Gasteiger partial charge in [0, 0.05) is 5.92 Å². The molecule has 0 aromatic rings. The van der Waals surface area contributed by atoms with E-state index >= 15 is 0 Å². The highest BCUT2D eigenvalue weighted by Gasteiger charge is 2.54. The first-order valence-electron chi connectivity index (χ1n) is 9.87. The van der Waals surface area contributed by atoms with Gasteiger partial charge in [-0.25, -0.2) is 0 Å². The molecule has 0 aromatic heterocycles. The van der Waals surface area contributed by atoms with Crippen LogP contribution in [0, 0.1) is 34.5 Å². The molecular weight excluding hydrogens is 364 g/mol. The van der Waals surface area contributed by atoms with Crippen LogP contribution in [0.25, 0.3) is 0 Å². The molecule has 138 valence electrons. The number of allylic oxidation sites excluding steroid dienone is 1. The van der Waals surface area contributed by atoms with Crippen molar-refractivity contribution in [2.24, 2.45) is 34.5 Å². The van der Waals surface area contributed by atoms with Gasteiger partial charge in [0.15, 0.2) is 0 Å². The molecule has 0 spiro atoms. The predicted molar refractivity (Wildman–Crippen MR) is 103 cm³/mol. The monoisotopic (exact) mass is 398 g/mol. The molecule has 3 aliphatic rings. The first-order valence-corrected chi connectivity index (χ1v) is 10.8. The van der Waals surface area contributed by atoms with E-state index in [1.54, 1.807) is 5.57 Å². The largest absolute Gasteiger partial charge is 0.392 e. The summed E-state index contributed by atoms with van der Waals surface area (Å²) in [6.45, 7) is 8.97. The summed E-state index contributed by atoms with van der Waals surface area (Å²) < 4.78 is 0. The van der Waals surface area contributed by atoms with Crippen LogP contribution in [0.3, 0.4) is 0 Å². The fourth-order valence-electron chi connectivity index (χ4n) is 6.48. The molecule has 3 heteroatoms. The van der Waals surface area contributed by atoms with Crippen molar-refractivity contribution < 1.29 is 10.2 Å². The van der Waals surface area contributed by atoms with Crippen molar-refractivity contribution >= 4 is 15.9 Å². The molecule has 0 bridgehead atoms. The zero-order valence-corrected chi connectivity index (χ0v) is 17.3. The summed E-state index contributed by atoms with van der Waals surface area (Å²) in [7, 11) is 0.